The summed E-state index contributed by atoms with van der Waals surface area (Å²) in [5.41, 5.74) is 1.24. The van der Waals surface area contributed by atoms with Crippen LogP contribution in [0.1, 0.15) is 39.3 Å². The van der Waals surface area contributed by atoms with E-state index in [0.29, 0.717) is 17.2 Å². The van der Waals surface area contributed by atoms with Gasteiger partial charge in [-0.3, -0.25) is 4.79 Å². The summed E-state index contributed by atoms with van der Waals surface area (Å²) in [6, 6.07) is 10.8. The predicted octanol–water partition coefficient (Wildman–Crippen LogP) is 4.12. The molecule has 2 N–H and O–H groups in total. The van der Waals surface area contributed by atoms with Crippen molar-refractivity contribution in [3.05, 3.63) is 75.7 Å². The molecule has 1 saturated heterocycles. The normalized spacial score (nSPS) is 15.7. The lowest BCUT2D eigenvalue weighted by atomic mass is 10.2. The fraction of sp³-hybridized carbons (Fsp3) is 0.238. The molecule has 7 nitrogen and oxygen atoms in total. The maximum atomic E-state index is 13.0. The first-order chi connectivity index (χ1) is 15.0. The van der Waals surface area contributed by atoms with Crippen molar-refractivity contribution < 1.29 is 18.4 Å². The van der Waals surface area contributed by atoms with Crippen molar-refractivity contribution in [1.29, 1.82) is 0 Å². The number of amides is 3. The third-order valence-electron chi connectivity index (χ3n) is 4.89. The number of nitrogens with one attached hydrogen (secondary N) is 2. The number of carbonyl (C=O) groups is 2. The molecule has 3 amide bonds. The molecule has 2 aromatic carbocycles. The molecule has 31 heavy (non-hydrogen) atoms. The number of carbonyl (C=O) groups excluding carboxylic acids is 2. The Bertz CT molecular complexity index is 1070. The van der Waals surface area contributed by atoms with Gasteiger partial charge in [-0.2, -0.15) is 0 Å². The Labute approximate surface area is 181 Å². The van der Waals surface area contributed by atoms with E-state index in [2.05, 4.69) is 20.8 Å². The van der Waals surface area contributed by atoms with Crippen molar-refractivity contribution in [2.75, 3.05) is 11.9 Å². The molecule has 1 unspecified atom stereocenters. The van der Waals surface area contributed by atoms with Crippen LogP contribution in [-0.2, 0) is 6.54 Å². The fourth-order valence-corrected chi connectivity index (χ4v) is 4.21. The van der Waals surface area contributed by atoms with E-state index in [4.69, 9.17) is 0 Å². The maximum absolute atomic E-state index is 13.0. The Morgan fingerprint density at radius 1 is 1.03 bits per heavy atom. The number of likely N-dealkylation sites (tertiary alicyclic amines) is 1. The number of urea groups is 1. The van der Waals surface area contributed by atoms with Gasteiger partial charge in [-0.05, 0) is 54.8 Å². The molecule has 4 rings (SSSR count). The highest BCUT2D eigenvalue weighted by Gasteiger charge is 2.33. The molecule has 160 valence electrons. The molecule has 0 bridgehead atoms. The zero-order chi connectivity index (χ0) is 21.8. The van der Waals surface area contributed by atoms with Gasteiger partial charge in [0.15, 0.2) is 0 Å². The van der Waals surface area contributed by atoms with Gasteiger partial charge in [-0.1, -0.05) is 23.5 Å². The average molecular weight is 443 g/mol. The van der Waals surface area contributed by atoms with Gasteiger partial charge in [0.25, 0.3) is 5.91 Å². The van der Waals surface area contributed by atoms with Gasteiger partial charge in [0.1, 0.15) is 16.6 Å². The number of hydrogen-bond acceptors (Lipinski definition) is 5. The highest BCUT2D eigenvalue weighted by molar-refractivity contribution is 7.13. The van der Waals surface area contributed by atoms with Gasteiger partial charge in [0.2, 0.25) is 5.01 Å². The Hall–Kier alpha value is -3.40. The summed E-state index contributed by atoms with van der Waals surface area (Å²) in [6.45, 7) is 0.848. The lowest BCUT2D eigenvalue weighted by Crippen LogP contribution is -2.39. The van der Waals surface area contributed by atoms with Crippen molar-refractivity contribution >= 4 is 29.0 Å². The lowest BCUT2D eigenvalue weighted by molar-refractivity contribution is 0.102. The molecule has 0 aliphatic carbocycles. The zero-order valence-corrected chi connectivity index (χ0v) is 17.2. The van der Waals surface area contributed by atoms with Gasteiger partial charge in [0.05, 0.1) is 6.04 Å². The minimum absolute atomic E-state index is 0.165. The molecule has 10 heteroatoms. The molecule has 1 aromatic heterocycles. The van der Waals surface area contributed by atoms with E-state index in [1.54, 1.807) is 17.0 Å². The summed E-state index contributed by atoms with van der Waals surface area (Å²) in [6.07, 6.45) is 1.53. The van der Waals surface area contributed by atoms with Gasteiger partial charge in [-0.15, -0.1) is 10.2 Å². The first kappa shape index (κ1) is 20.9. The topological polar surface area (TPSA) is 87.2 Å². The third-order valence-corrected chi connectivity index (χ3v) is 5.92. The van der Waals surface area contributed by atoms with Crippen LogP contribution in [-0.4, -0.2) is 33.6 Å². The van der Waals surface area contributed by atoms with Crippen LogP contribution in [0.25, 0.3) is 0 Å². The first-order valence-electron chi connectivity index (χ1n) is 9.69. The van der Waals surface area contributed by atoms with Crippen molar-refractivity contribution in [2.45, 2.75) is 25.4 Å². The number of benzene rings is 2. The zero-order valence-electron chi connectivity index (χ0n) is 16.3. The van der Waals surface area contributed by atoms with Crippen LogP contribution in [0, 0.1) is 11.6 Å². The Kier molecular flexibility index (Phi) is 6.17. The largest absolute Gasteiger partial charge is 0.334 e. The van der Waals surface area contributed by atoms with Crippen LogP contribution >= 0.6 is 11.3 Å². The first-order valence-corrected chi connectivity index (χ1v) is 10.5. The Balaban J connectivity index is 1.38. The van der Waals surface area contributed by atoms with Gasteiger partial charge in [0, 0.05) is 18.8 Å². The maximum Gasteiger partial charge on any atom is 0.318 e. The molecule has 1 aliphatic heterocycles. The highest BCUT2D eigenvalue weighted by Crippen LogP contribution is 2.33. The summed E-state index contributed by atoms with van der Waals surface area (Å²) >= 11 is 1.13. The molecule has 0 saturated carbocycles. The number of nitrogens with zero attached hydrogens (tertiary/aromatic N) is 3. The third kappa shape index (κ3) is 5.02. The number of anilines is 1. The Morgan fingerprint density at radius 3 is 2.42 bits per heavy atom. The summed E-state index contributed by atoms with van der Waals surface area (Å²) in [5, 5.41) is 14.3. The fourth-order valence-electron chi connectivity index (χ4n) is 3.33. The summed E-state index contributed by atoms with van der Waals surface area (Å²) in [7, 11) is 0. The quantitative estimate of drug-likeness (QED) is 0.621. The lowest BCUT2D eigenvalue weighted by Gasteiger charge is -2.23. The second kappa shape index (κ2) is 9.17. The van der Waals surface area contributed by atoms with Crippen molar-refractivity contribution in [3.8, 4) is 0 Å². The van der Waals surface area contributed by atoms with Crippen LogP contribution in [0.2, 0.25) is 0 Å². The second-order valence-electron chi connectivity index (χ2n) is 7.04. The van der Waals surface area contributed by atoms with Crippen LogP contribution in [0.15, 0.2) is 48.5 Å². The minimum Gasteiger partial charge on any atom is -0.334 e. The van der Waals surface area contributed by atoms with Crippen molar-refractivity contribution in [3.63, 3.8) is 0 Å². The number of aromatic nitrogens is 2. The van der Waals surface area contributed by atoms with E-state index < -0.39 is 11.7 Å². The van der Waals surface area contributed by atoms with E-state index in [1.165, 1.54) is 36.4 Å². The van der Waals surface area contributed by atoms with Gasteiger partial charge >= 0.3 is 6.03 Å². The number of rotatable bonds is 5. The van der Waals surface area contributed by atoms with E-state index in [9.17, 15) is 18.4 Å². The smallest absolute Gasteiger partial charge is 0.318 e. The van der Waals surface area contributed by atoms with Gasteiger partial charge < -0.3 is 15.5 Å². The van der Waals surface area contributed by atoms with Crippen LogP contribution in [0.5, 0.6) is 0 Å². The van der Waals surface area contributed by atoms with Crippen molar-refractivity contribution in [1.82, 2.24) is 20.4 Å². The van der Waals surface area contributed by atoms with E-state index >= 15 is 0 Å². The molecule has 3 aromatic rings. The van der Waals surface area contributed by atoms with Gasteiger partial charge in [-0.25, -0.2) is 13.6 Å². The SMILES string of the molecule is O=C(Nc1ccc(F)cc1)c1nnc(C2CCCN2C(=O)NCc2ccc(F)cc2)s1. The predicted molar refractivity (Wildman–Crippen MR) is 112 cm³/mol. The molecular formula is C21H19F2N5O2S. The van der Waals surface area contributed by atoms with E-state index in [1.807, 2.05) is 0 Å². The molecule has 1 aliphatic rings. The Morgan fingerprint density at radius 2 is 1.71 bits per heavy atom. The summed E-state index contributed by atoms with van der Waals surface area (Å²) < 4.78 is 26.0. The highest BCUT2D eigenvalue weighted by atomic mass is 32.1. The van der Waals surface area contributed by atoms with Crippen molar-refractivity contribution in [2.24, 2.45) is 0 Å². The molecule has 0 spiro atoms. The second-order valence-corrected chi connectivity index (χ2v) is 8.05. The average Bonchev–Trinajstić information content (AvgIpc) is 3.44. The van der Waals surface area contributed by atoms with Crippen LogP contribution < -0.4 is 10.6 Å². The summed E-state index contributed by atoms with van der Waals surface area (Å²) in [5.74, 6) is -1.17. The molecule has 2 heterocycles. The molecular weight excluding hydrogens is 424 g/mol. The minimum atomic E-state index is -0.444. The van der Waals surface area contributed by atoms with Crippen LogP contribution in [0.3, 0.4) is 0 Å². The number of halogens is 2. The molecule has 0 radical (unpaired) electrons. The standard InChI is InChI=1S/C21H19F2N5O2S/c22-14-5-3-13(4-6-14)12-24-21(30)28-11-1-2-17(28)19-26-27-20(31-19)18(29)25-16-9-7-15(23)8-10-16/h3-10,17H,1-2,11-12H2,(H,24,30)(H,25,29). The van der Waals surface area contributed by atoms with E-state index in [-0.39, 0.29) is 29.4 Å². The molecule has 1 atom stereocenters. The monoisotopic (exact) mass is 443 g/mol. The molecule has 1 fully saturated rings. The summed E-state index contributed by atoms with van der Waals surface area (Å²) in [4.78, 5) is 26.7. The number of hydrogen-bond donors (Lipinski definition) is 2. The van der Waals surface area contributed by atoms with Crippen LogP contribution in [0.4, 0.5) is 19.3 Å². The van der Waals surface area contributed by atoms with E-state index in [0.717, 1.165) is 29.7 Å².